The van der Waals surface area contributed by atoms with Gasteiger partial charge in [0.2, 0.25) is 0 Å². The van der Waals surface area contributed by atoms with Gasteiger partial charge < -0.3 is 5.32 Å². The summed E-state index contributed by atoms with van der Waals surface area (Å²) in [6.07, 6.45) is 1.12. The number of rotatable bonds is 6. The fraction of sp³-hybridized carbons (Fsp3) is 0.571. The third kappa shape index (κ3) is 3.33. The summed E-state index contributed by atoms with van der Waals surface area (Å²) >= 11 is 0. The quantitative estimate of drug-likeness (QED) is 0.857. The van der Waals surface area contributed by atoms with Crippen LogP contribution in [0.25, 0.3) is 0 Å². The van der Waals surface area contributed by atoms with E-state index in [9.17, 15) is 8.42 Å². The summed E-state index contributed by atoms with van der Waals surface area (Å²) in [6.45, 7) is 4.03. The van der Waals surface area contributed by atoms with E-state index >= 15 is 0 Å². The lowest BCUT2D eigenvalue weighted by molar-refractivity contribution is 0.581. The number of hydrogen-bond donors (Lipinski definition) is 1. The fourth-order valence-electron chi connectivity index (χ4n) is 2.11. The normalized spacial score (nSPS) is 23.3. The second kappa shape index (κ2) is 5.41. The lowest BCUT2D eigenvalue weighted by Gasteiger charge is -2.08. The number of benzene rings is 1. The zero-order valence-corrected chi connectivity index (χ0v) is 11.8. The highest BCUT2D eigenvalue weighted by Crippen LogP contribution is 2.40. The van der Waals surface area contributed by atoms with E-state index in [0.717, 1.165) is 6.42 Å². The molecule has 2 rings (SSSR count). The largest absolute Gasteiger partial charge is 0.312 e. The van der Waals surface area contributed by atoms with E-state index in [4.69, 9.17) is 0 Å². The molecule has 0 bridgehead atoms. The van der Waals surface area contributed by atoms with Gasteiger partial charge in [0, 0.05) is 18.5 Å². The Morgan fingerprint density at radius 2 is 1.94 bits per heavy atom. The van der Waals surface area contributed by atoms with Crippen LogP contribution in [0.15, 0.2) is 30.3 Å². The molecule has 18 heavy (non-hydrogen) atoms. The van der Waals surface area contributed by atoms with Gasteiger partial charge in [-0.2, -0.15) is 0 Å². The van der Waals surface area contributed by atoms with Crippen LogP contribution in [0.2, 0.25) is 0 Å². The van der Waals surface area contributed by atoms with Crippen molar-refractivity contribution < 1.29 is 8.42 Å². The van der Waals surface area contributed by atoms with Gasteiger partial charge in [0.25, 0.3) is 0 Å². The van der Waals surface area contributed by atoms with Crippen LogP contribution in [-0.2, 0) is 9.84 Å². The van der Waals surface area contributed by atoms with Gasteiger partial charge in [-0.3, -0.25) is 0 Å². The zero-order chi connectivity index (χ0) is 13.2. The molecule has 4 heteroatoms. The summed E-state index contributed by atoms with van der Waals surface area (Å²) in [6, 6.07) is 10.8. The maximum Gasteiger partial charge on any atom is 0.153 e. The third-order valence-corrected chi connectivity index (χ3v) is 5.74. The van der Waals surface area contributed by atoms with Gasteiger partial charge in [-0.25, -0.2) is 8.42 Å². The maximum absolute atomic E-state index is 11.6. The first-order valence-corrected chi connectivity index (χ1v) is 8.22. The average molecular weight is 267 g/mol. The first-order chi connectivity index (χ1) is 8.50. The number of hydrogen-bond acceptors (Lipinski definition) is 3. The molecular weight excluding hydrogens is 246 g/mol. The van der Waals surface area contributed by atoms with Crippen LogP contribution >= 0.6 is 0 Å². The predicted octanol–water partition coefficient (Wildman–Crippen LogP) is 1.96. The zero-order valence-electron chi connectivity index (χ0n) is 11.0. The molecule has 0 aromatic heterocycles. The SMILES string of the molecule is CC(C)S(=O)(=O)CCNC1CC1c1ccccc1. The highest BCUT2D eigenvalue weighted by molar-refractivity contribution is 7.92. The van der Waals surface area contributed by atoms with E-state index in [2.05, 4.69) is 17.4 Å². The van der Waals surface area contributed by atoms with Gasteiger partial charge in [0.05, 0.1) is 11.0 Å². The van der Waals surface area contributed by atoms with Crippen molar-refractivity contribution in [2.75, 3.05) is 12.3 Å². The van der Waals surface area contributed by atoms with Crippen molar-refractivity contribution in [3.05, 3.63) is 35.9 Å². The summed E-state index contributed by atoms with van der Waals surface area (Å²) in [5, 5.41) is 3.06. The molecule has 2 unspecified atom stereocenters. The molecule has 1 aromatic rings. The van der Waals surface area contributed by atoms with Crippen LogP contribution in [0.4, 0.5) is 0 Å². The molecule has 0 radical (unpaired) electrons. The van der Waals surface area contributed by atoms with Crippen LogP contribution < -0.4 is 5.32 Å². The van der Waals surface area contributed by atoms with Gasteiger partial charge in [0.15, 0.2) is 9.84 Å². The maximum atomic E-state index is 11.6. The average Bonchev–Trinajstić information content (AvgIpc) is 3.09. The predicted molar refractivity (Wildman–Crippen MR) is 74.5 cm³/mol. The van der Waals surface area contributed by atoms with Crippen molar-refractivity contribution in [1.82, 2.24) is 5.32 Å². The van der Waals surface area contributed by atoms with Gasteiger partial charge in [-0.15, -0.1) is 0 Å². The van der Waals surface area contributed by atoms with E-state index in [1.54, 1.807) is 13.8 Å². The van der Waals surface area contributed by atoms with Gasteiger partial charge >= 0.3 is 0 Å². The molecule has 0 aliphatic heterocycles. The summed E-state index contributed by atoms with van der Waals surface area (Å²) in [5.41, 5.74) is 1.35. The van der Waals surface area contributed by atoms with E-state index in [-0.39, 0.29) is 11.0 Å². The van der Waals surface area contributed by atoms with E-state index in [1.165, 1.54) is 5.56 Å². The fourth-order valence-corrected chi connectivity index (χ4v) is 2.99. The number of sulfone groups is 1. The van der Waals surface area contributed by atoms with E-state index in [0.29, 0.717) is 18.5 Å². The molecule has 2 atom stereocenters. The van der Waals surface area contributed by atoms with Crippen molar-refractivity contribution in [3.8, 4) is 0 Å². The Morgan fingerprint density at radius 3 is 2.56 bits per heavy atom. The molecule has 1 aliphatic rings. The lowest BCUT2D eigenvalue weighted by Crippen LogP contribution is -2.29. The summed E-state index contributed by atoms with van der Waals surface area (Å²) in [7, 11) is -2.91. The first kappa shape index (κ1) is 13.6. The topological polar surface area (TPSA) is 46.2 Å². The van der Waals surface area contributed by atoms with Crippen molar-refractivity contribution in [2.24, 2.45) is 0 Å². The summed E-state index contributed by atoms with van der Waals surface area (Å²) < 4.78 is 23.3. The highest BCUT2D eigenvalue weighted by Gasteiger charge is 2.37. The Kier molecular flexibility index (Phi) is 4.07. The van der Waals surface area contributed by atoms with Crippen LogP contribution in [0.3, 0.4) is 0 Å². The molecule has 0 saturated heterocycles. The van der Waals surface area contributed by atoms with E-state index in [1.807, 2.05) is 18.2 Å². The van der Waals surface area contributed by atoms with Crippen LogP contribution in [0.5, 0.6) is 0 Å². The van der Waals surface area contributed by atoms with Crippen LogP contribution in [0, 0.1) is 0 Å². The Bertz CT molecular complexity index is 482. The molecule has 100 valence electrons. The molecule has 1 saturated carbocycles. The molecule has 1 aliphatic carbocycles. The van der Waals surface area contributed by atoms with Gasteiger partial charge in [-0.05, 0) is 25.8 Å². The smallest absolute Gasteiger partial charge is 0.153 e. The van der Waals surface area contributed by atoms with E-state index < -0.39 is 9.84 Å². The third-order valence-electron chi connectivity index (χ3n) is 3.53. The second-order valence-electron chi connectivity index (χ2n) is 5.23. The summed E-state index contributed by atoms with van der Waals surface area (Å²) in [5.74, 6) is 0.802. The molecule has 3 nitrogen and oxygen atoms in total. The Hall–Kier alpha value is -0.870. The second-order valence-corrected chi connectivity index (χ2v) is 7.91. The molecule has 0 amide bonds. The Labute approximate surface area is 110 Å². The minimum absolute atomic E-state index is 0.239. The van der Waals surface area contributed by atoms with Crippen molar-refractivity contribution in [3.63, 3.8) is 0 Å². The monoisotopic (exact) mass is 267 g/mol. The molecule has 1 N–H and O–H groups in total. The summed E-state index contributed by atoms with van der Waals surface area (Å²) in [4.78, 5) is 0. The van der Waals surface area contributed by atoms with Crippen molar-refractivity contribution in [2.45, 2.75) is 37.5 Å². The Morgan fingerprint density at radius 1 is 1.28 bits per heavy atom. The molecular formula is C14H21NO2S. The minimum atomic E-state index is -2.91. The first-order valence-electron chi connectivity index (χ1n) is 6.50. The Balaban J connectivity index is 1.75. The minimum Gasteiger partial charge on any atom is -0.312 e. The van der Waals surface area contributed by atoms with Crippen LogP contribution in [-0.4, -0.2) is 32.0 Å². The highest BCUT2D eigenvalue weighted by atomic mass is 32.2. The van der Waals surface area contributed by atoms with Crippen LogP contribution in [0.1, 0.15) is 31.7 Å². The van der Waals surface area contributed by atoms with Crippen molar-refractivity contribution >= 4 is 9.84 Å². The molecule has 0 heterocycles. The number of nitrogens with one attached hydrogen (secondary N) is 1. The lowest BCUT2D eigenvalue weighted by atomic mass is 10.1. The van der Waals surface area contributed by atoms with Gasteiger partial charge in [-0.1, -0.05) is 30.3 Å². The van der Waals surface area contributed by atoms with Crippen molar-refractivity contribution in [1.29, 1.82) is 0 Å². The van der Waals surface area contributed by atoms with Gasteiger partial charge in [0.1, 0.15) is 0 Å². The molecule has 1 fully saturated rings. The molecule has 1 aromatic carbocycles. The molecule has 0 spiro atoms. The standard InChI is InChI=1S/C14H21NO2S/c1-11(2)18(16,17)9-8-15-14-10-13(14)12-6-4-3-5-7-12/h3-7,11,13-15H,8-10H2,1-2H3.